The van der Waals surface area contributed by atoms with Gasteiger partial charge in [-0.25, -0.2) is 4.79 Å². The molecule has 0 unspecified atom stereocenters. The number of hydrogen-bond acceptors (Lipinski definition) is 7. The van der Waals surface area contributed by atoms with E-state index in [1.54, 1.807) is 19.2 Å². The molecule has 1 heterocycles. The molecule has 190 valence electrons. The standard InChI is InChI=1S/C27H36N2O5S/c1-6-7-9-14-23(20(4)33-21-12-10-8-11-13-21)34-27(31)19(3)29-26(35)25-22(17-18(2)30)24(32-5)15-16-28-25/h8,10-13,15-16,19-20,23H,6-7,9,14,17H2,1-5H3,(H,29,35)/t19-,20-,23+/m0/s1. The average molecular weight is 501 g/mol. The molecule has 2 aromatic rings. The molecule has 0 saturated carbocycles. The molecule has 1 N–H and O–H groups in total. The van der Waals surface area contributed by atoms with Crippen molar-refractivity contribution in [1.82, 2.24) is 10.3 Å². The van der Waals surface area contributed by atoms with Crippen molar-refractivity contribution in [3.05, 3.63) is 53.9 Å². The lowest BCUT2D eigenvalue weighted by Gasteiger charge is -2.27. The second kappa shape index (κ2) is 14.4. The minimum atomic E-state index is -0.724. The van der Waals surface area contributed by atoms with Crippen molar-refractivity contribution in [1.29, 1.82) is 0 Å². The van der Waals surface area contributed by atoms with E-state index in [-0.39, 0.29) is 23.3 Å². The van der Waals surface area contributed by atoms with E-state index in [2.05, 4.69) is 17.2 Å². The molecule has 0 aliphatic rings. The lowest BCUT2D eigenvalue weighted by atomic mass is 10.1. The number of carbonyl (C=O) groups is 2. The van der Waals surface area contributed by atoms with Crippen LogP contribution in [0.15, 0.2) is 42.6 Å². The first kappa shape index (κ1) is 28.2. The molecule has 2 rings (SSSR count). The summed E-state index contributed by atoms with van der Waals surface area (Å²) < 4.78 is 17.3. The number of ether oxygens (including phenoxy) is 3. The van der Waals surface area contributed by atoms with E-state index in [0.29, 0.717) is 23.4 Å². The van der Waals surface area contributed by atoms with Crippen LogP contribution in [0.1, 0.15) is 64.6 Å². The van der Waals surface area contributed by atoms with Crippen molar-refractivity contribution in [2.75, 3.05) is 7.11 Å². The smallest absolute Gasteiger partial charge is 0.328 e. The summed E-state index contributed by atoms with van der Waals surface area (Å²) in [6.45, 7) is 7.22. The van der Waals surface area contributed by atoms with Crippen LogP contribution >= 0.6 is 12.2 Å². The van der Waals surface area contributed by atoms with E-state index in [9.17, 15) is 9.59 Å². The Morgan fingerprint density at radius 3 is 2.46 bits per heavy atom. The Morgan fingerprint density at radius 2 is 1.83 bits per heavy atom. The summed E-state index contributed by atoms with van der Waals surface area (Å²) in [6, 6.07) is 10.4. The summed E-state index contributed by atoms with van der Waals surface area (Å²) in [5, 5.41) is 3.01. The maximum absolute atomic E-state index is 13.0. The molecule has 0 radical (unpaired) electrons. The molecule has 8 heteroatoms. The molecule has 0 fully saturated rings. The Kier molecular flexibility index (Phi) is 11.6. The highest BCUT2D eigenvalue weighted by atomic mass is 32.1. The van der Waals surface area contributed by atoms with E-state index in [0.717, 1.165) is 25.0 Å². The average Bonchev–Trinajstić information content (AvgIpc) is 2.83. The van der Waals surface area contributed by atoms with Crippen LogP contribution in [0, 0.1) is 0 Å². The fourth-order valence-corrected chi connectivity index (χ4v) is 3.98. The van der Waals surface area contributed by atoms with E-state index >= 15 is 0 Å². The van der Waals surface area contributed by atoms with Gasteiger partial charge in [-0.3, -0.25) is 9.78 Å². The second-order valence-electron chi connectivity index (χ2n) is 8.52. The zero-order valence-electron chi connectivity index (χ0n) is 21.2. The number of carbonyl (C=O) groups excluding carboxylic acids is 2. The number of para-hydroxylation sites is 1. The number of nitrogens with one attached hydrogen (secondary N) is 1. The summed E-state index contributed by atoms with van der Waals surface area (Å²) in [6.07, 6.45) is 4.70. The van der Waals surface area contributed by atoms with Crippen molar-refractivity contribution in [3.63, 3.8) is 0 Å². The summed E-state index contributed by atoms with van der Waals surface area (Å²) in [4.78, 5) is 29.4. The molecule has 0 aliphatic carbocycles. The molecule has 0 amide bonds. The summed E-state index contributed by atoms with van der Waals surface area (Å²) >= 11 is 5.53. The first-order valence-electron chi connectivity index (χ1n) is 12.0. The molecular formula is C27H36N2O5S. The third kappa shape index (κ3) is 8.94. The van der Waals surface area contributed by atoms with Crippen molar-refractivity contribution < 1.29 is 23.8 Å². The molecule has 1 aromatic heterocycles. The molecule has 0 aliphatic heterocycles. The van der Waals surface area contributed by atoms with Gasteiger partial charge >= 0.3 is 5.97 Å². The van der Waals surface area contributed by atoms with Gasteiger partial charge in [0.15, 0.2) is 0 Å². The highest BCUT2D eigenvalue weighted by molar-refractivity contribution is 7.80. The van der Waals surface area contributed by atoms with E-state index in [1.165, 1.54) is 14.0 Å². The lowest BCUT2D eigenvalue weighted by molar-refractivity contribution is -0.155. The first-order valence-corrected chi connectivity index (χ1v) is 12.4. The number of ketones is 1. The molecule has 0 saturated heterocycles. The zero-order valence-corrected chi connectivity index (χ0v) is 22.0. The number of Topliss-reactive ketones (excluding diaryl/α,β-unsaturated/α-hetero) is 1. The zero-order chi connectivity index (χ0) is 25.8. The minimum Gasteiger partial charge on any atom is -0.496 e. The number of nitrogens with zero attached hydrogens (tertiary/aromatic N) is 1. The quantitative estimate of drug-likeness (QED) is 0.224. The van der Waals surface area contributed by atoms with Gasteiger partial charge in [0.2, 0.25) is 0 Å². The number of hydrogen-bond donors (Lipinski definition) is 1. The summed E-state index contributed by atoms with van der Waals surface area (Å²) in [7, 11) is 1.52. The monoisotopic (exact) mass is 500 g/mol. The Morgan fingerprint density at radius 1 is 1.11 bits per heavy atom. The molecular weight excluding hydrogens is 464 g/mol. The van der Waals surface area contributed by atoms with Crippen LogP contribution < -0.4 is 14.8 Å². The molecule has 1 aromatic carbocycles. The third-order valence-corrected chi connectivity index (χ3v) is 5.83. The van der Waals surface area contributed by atoms with Gasteiger partial charge in [-0.2, -0.15) is 0 Å². The van der Waals surface area contributed by atoms with Gasteiger partial charge in [0.05, 0.1) is 7.11 Å². The maximum atomic E-state index is 13.0. The number of rotatable bonds is 14. The minimum absolute atomic E-state index is 0.0462. The summed E-state index contributed by atoms with van der Waals surface area (Å²) in [5.74, 6) is 0.766. The van der Waals surface area contributed by atoms with Crippen LogP contribution in [-0.2, 0) is 20.7 Å². The predicted octanol–water partition coefficient (Wildman–Crippen LogP) is 4.83. The van der Waals surface area contributed by atoms with E-state index in [1.807, 2.05) is 37.3 Å². The maximum Gasteiger partial charge on any atom is 0.328 e. The molecule has 35 heavy (non-hydrogen) atoms. The van der Waals surface area contributed by atoms with Crippen LogP contribution in [0.4, 0.5) is 0 Å². The van der Waals surface area contributed by atoms with Gasteiger partial charge in [0.25, 0.3) is 0 Å². The van der Waals surface area contributed by atoms with Gasteiger partial charge < -0.3 is 19.5 Å². The Balaban J connectivity index is 2.10. The molecule has 3 atom stereocenters. The second-order valence-corrected chi connectivity index (χ2v) is 8.93. The first-order chi connectivity index (χ1) is 16.8. The Hall–Kier alpha value is -3.00. The van der Waals surface area contributed by atoms with Gasteiger partial charge in [-0.1, -0.05) is 50.2 Å². The van der Waals surface area contributed by atoms with Crippen molar-refractivity contribution in [2.24, 2.45) is 0 Å². The normalized spacial score (nSPS) is 13.3. The highest BCUT2D eigenvalue weighted by Crippen LogP contribution is 2.22. The van der Waals surface area contributed by atoms with E-state index in [4.69, 9.17) is 26.4 Å². The van der Waals surface area contributed by atoms with E-state index < -0.39 is 18.1 Å². The van der Waals surface area contributed by atoms with Gasteiger partial charge in [0.1, 0.15) is 46.2 Å². The molecule has 0 spiro atoms. The third-order valence-electron chi connectivity index (χ3n) is 5.52. The number of thiocarbonyl (C=S) groups is 1. The number of unbranched alkanes of at least 4 members (excludes halogenated alkanes) is 2. The Bertz CT molecular complexity index is 983. The van der Waals surface area contributed by atoms with Crippen LogP contribution in [-0.4, -0.2) is 47.1 Å². The molecule has 0 bridgehead atoms. The fourth-order valence-electron chi connectivity index (χ4n) is 3.63. The summed E-state index contributed by atoms with van der Waals surface area (Å²) in [5.41, 5.74) is 0.998. The SMILES string of the molecule is CCCCC[C@@H](OC(=O)[C@H](C)NC(=S)c1nccc(OC)c1CC(C)=O)[C@H](C)Oc1ccccc1. The van der Waals surface area contributed by atoms with Gasteiger partial charge in [-0.05, 0) is 51.8 Å². The van der Waals surface area contributed by atoms with Crippen molar-refractivity contribution in [2.45, 2.75) is 78.0 Å². The highest BCUT2D eigenvalue weighted by Gasteiger charge is 2.27. The number of esters is 1. The van der Waals surface area contributed by atoms with Crippen LogP contribution in [0.2, 0.25) is 0 Å². The van der Waals surface area contributed by atoms with Crippen molar-refractivity contribution >= 4 is 29.0 Å². The van der Waals surface area contributed by atoms with Gasteiger partial charge in [-0.15, -0.1) is 0 Å². The number of aromatic nitrogens is 1. The van der Waals surface area contributed by atoms with Crippen LogP contribution in [0.3, 0.4) is 0 Å². The largest absolute Gasteiger partial charge is 0.496 e. The topological polar surface area (TPSA) is 86.8 Å². The molecule has 7 nitrogen and oxygen atoms in total. The van der Waals surface area contributed by atoms with Crippen LogP contribution in [0.5, 0.6) is 11.5 Å². The van der Waals surface area contributed by atoms with Crippen LogP contribution in [0.25, 0.3) is 0 Å². The number of benzene rings is 1. The lowest BCUT2D eigenvalue weighted by Crippen LogP contribution is -2.43. The number of methoxy groups -OCH3 is 1. The Labute approximate surface area is 213 Å². The van der Waals surface area contributed by atoms with Gasteiger partial charge in [0, 0.05) is 18.2 Å². The predicted molar refractivity (Wildman–Crippen MR) is 140 cm³/mol. The number of pyridine rings is 1. The fraction of sp³-hybridized carbons (Fsp3) is 0.481. The van der Waals surface area contributed by atoms with Crippen molar-refractivity contribution in [3.8, 4) is 11.5 Å².